The van der Waals surface area contributed by atoms with Crippen LogP contribution in [0.15, 0.2) is 54.6 Å². The normalized spacial score (nSPS) is 23.7. The van der Waals surface area contributed by atoms with E-state index in [2.05, 4.69) is 27.7 Å². The Hall–Kier alpha value is -2.91. The highest BCUT2D eigenvalue weighted by Gasteiger charge is 2.39. The zero-order valence-corrected chi connectivity index (χ0v) is 18.8. The lowest BCUT2D eigenvalue weighted by atomic mass is 9.75. The average Bonchev–Trinajstić information content (AvgIpc) is 2.80. The van der Waals surface area contributed by atoms with Crippen molar-refractivity contribution >= 4 is 11.8 Å². The highest BCUT2D eigenvalue weighted by Crippen LogP contribution is 2.37. The van der Waals surface area contributed by atoms with E-state index in [-0.39, 0.29) is 29.6 Å². The summed E-state index contributed by atoms with van der Waals surface area (Å²) in [6.45, 7) is 1.18. The van der Waals surface area contributed by atoms with Crippen LogP contribution >= 0.6 is 0 Å². The Morgan fingerprint density at radius 1 is 1.03 bits per heavy atom. The molecule has 2 aromatic rings. The number of hydrogen-bond donors (Lipinski definition) is 3. The number of alkyl halides is 3. The monoisotopic (exact) mass is 474 g/mol. The largest absolute Gasteiger partial charge is 0.416 e. The van der Waals surface area contributed by atoms with Crippen molar-refractivity contribution in [3.63, 3.8) is 0 Å². The number of carbonyl (C=O) groups is 2. The van der Waals surface area contributed by atoms with Gasteiger partial charge in [0.1, 0.15) is 0 Å². The molecule has 1 heterocycles. The third-order valence-electron chi connectivity index (χ3n) is 6.85. The summed E-state index contributed by atoms with van der Waals surface area (Å²) >= 11 is 0. The minimum Gasteiger partial charge on any atom is -0.349 e. The molecule has 34 heavy (non-hydrogen) atoms. The van der Waals surface area contributed by atoms with Gasteiger partial charge in [0.25, 0.3) is 5.91 Å². The molecule has 182 valence electrons. The lowest BCUT2D eigenvalue weighted by Gasteiger charge is -2.48. The summed E-state index contributed by atoms with van der Waals surface area (Å²) in [4.78, 5) is 26.7. The predicted molar refractivity (Wildman–Crippen MR) is 122 cm³/mol. The Balaban J connectivity index is 1.17. The maximum Gasteiger partial charge on any atom is 0.416 e. The topological polar surface area (TPSA) is 87.5 Å². The molecular weight excluding hydrogens is 445 g/mol. The van der Waals surface area contributed by atoms with E-state index in [0.29, 0.717) is 6.04 Å². The van der Waals surface area contributed by atoms with E-state index in [9.17, 15) is 22.8 Å². The lowest BCUT2D eigenvalue weighted by molar-refractivity contribution is -0.137. The number of rotatable bonds is 6. The van der Waals surface area contributed by atoms with Gasteiger partial charge in [0, 0.05) is 30.2 Å². The van der Waals surface area contributed by atoms with E-state index >= 15 is 0 Å². The van der Waals surface area contributed by atoms with Gasteiger partial charge in [0.15, 0.2) is 0 Å². The highest BCUT2D eigenvalue weighted by molar-refractivity contribution is 5.96. The zero-order valence-electron chi connectivity index (χ0n) is 18.8. The smallest absolute Gasteiger partial charge is 0.349 e. The van der Waals surface area contributed by atoms with Crippen LogP contribution in [0.1, 0.15) is 47.2 Å². The van der Waals surface area contributed by atoms with Crippen molar-refractivity contribution in [3.8, 4) is 0 Å². The van der Waals surface area contributed by atoms with Crippen LogP contribution in [-0.2, 0) is 16.5 Å². The third kappa shape index (κ3) is 5.59. The molecule has 0 radical (unpaired) electrons. The van der Waals surface area contributed by atoms with Gasteiger partial charge in [-0.25, -0.2) is 0 Å². The van der Waals surface area contributed by atoms with Gasteiger partial charge >= 0.3 is 6.18 Å². The fourth-order valence-corrected chi connectivity index (χ4v) is 4.82. The number of hydrogen-bond acceptors (Lipinski definition) is 4. The van der Waals surface area contributed by atoms with Gasteiger partial charge in [-0.15, -0.1) is 0 Å². The molecule has 2 fully saturated rings. The molecule has 0 spiro atoms. The highest BCUT2D eigenvalue weighted by atomic mass is 19.4. The molecule has 2 aromatic carbocycles. The predicted octanol–water partition coefficient (Wildman–Crippen LogP) is 3.03. The first-order valence-electron chi connectivity index (χ1n) is 11.5. The van der Waals surface area contributed by atoms with Gasteiger partial charge in [-0.05, 0) is 49.4 Å². The first kappa shape index (κ1) is 24.2. The molecular formula is C25H29F3N4O2. The summed E-state index contributed by atoms with van der Waals surface area (Å²) in [5.74, 6) is -1.08. The van der Waals surface area contributed by atoms with Crippen molar-refractivity contribution in [1.82, 2.24) is 15.5 Å². The van der Waals surface area contributed by atoms with Gasteiger partial charge in [-0.3, -0.25) is 14.5 Å². The fourth-order valence-electron chi connectivity index (χ4n) is 4.82. The molecule has 4 N–H and O–H groups in total. The van der Waals surface area contributed by atoms with E-state index in [1.54, 1.807) is 0 Å². The number of nitrogens with two attached hydrogens (primary N) is 1. The van der Waals surface area contributed by atoms with Crippen LogP contribution in [0.2, 0.25) is 0 Å². The average molecular weight is 475 g/mol. The molecule has 0 aromatic heterocycles. The maximum atomic E-state index is 12.8. The van der Waals surface area contributed by atoms with Crippen molar-refractivity contribution < 1.29 is 22.8 Å². The molecule has 2 aliphatic rings. The Labute approximate surface area is 196 Å². The fraction of sp³-hybridized carbons (Fsp3) is 0.440. The van der Waals surface area contributed by atoms with Crippen molar-refractivity contribution in [2.45, 2.75) is 49.5 Å². The van der Waals surface area contributed by atoms with Crippen molar-refractivity contribution in [3.05, 3.63) is 71.3 Å². The second-order valence-electron chi connectivity index (χ2n) is 9.23. The van der Waals surface area contributed by atoms with Crippen LogP contribution < -0.4 is 16.4 Å². The van der Waals surface area contributed by atoms with E-state index in [4.69, 9.17) is 5.73 Å². The molecule has 6 nitrogen and oxygen atoms in total. The number of nitrogens with one attached hydrogen (secondary N) is 2. The number of halogens is 3. The molecule has 9 heteroatoms. The molecule has 0 bridgehead atoms. The number of likely N-dealkylation sites (tertiary alicyclic amines) is 1. The maximum absolute atomic E-state index is 12.8. The molecule has 4 rings (SSSR count). The van der Waals surface area contributed by atoms with E-state index in [1.165, 1.54) is 17.7 Å². The first-order chi connectivity index (χ1) is 16.1. The van der Waals surface area contributed by atoms with Crippen LogP contribution in [0.25, 0.3) is 0 Å². The molecule has 2 amide bonds. The standard InChI is InChI=1S/C25H29F3N4O2/c26-25(27,28)19-8-4-5-17(13-19)23(34)30-14-22(33)31-20-15-32(16-20)21-9-11-24(29,12-10-21)18-6-2-1-3-7-18/h1-8,13,20-21H,9-12,14-16,29H2,(H,30,34)(H,31,33)/t21-,24-. The third-order valence-corrected chi connectivity index (χ3v) is 6.85. The number of nitrogens with zero attached hydrogens (tertiary/aromatic N) is 1. The molecule has 0 atom stereocenters. The minimum absolute atomic E-state index is 0.00311. The minimum atomic E-state index is -4.53. The van der Waals surface area contributed by atoms with Crippen molar-refractivity contribution in [2.24, 2.45) is 5.73 Å². The van der Waals surface area contributed by atoms with Gasteiger partial charge < -0.3 is 16.4 Å². The van der Waals surface area contributed by atoms with Crippen LogP contribution in [0.5, 0.6) is 0 Å². The molecule has 1 aliphatic carbocycles. The summed E-state index contributed by atoms with van der Waals surface area (Å²) in [5.41, 5.74) is 6.51. The van der Waals surface area contributed by atoms with Gasteiger partial charge in [-0.1, -0.05) is 36.4 Å². The quantitative estimate of drug-likeness (QED) is 0.601. The Bertz CT molecular complexity index is 1010. The van der Waals surface area contributed by atoms with E-state index in [0.717, 1.165) is 50.9 Å². The van der Waals surface area contributed by atoms with Crippen LogP contribution in [0.4, 0.5) is 13.2 Å². The van der Waals surface area contributed by atoms with Gasteiger partial charge in [0.2, 0.25) is 5.91 Å². The molecule has 1 aliphatic heterocycles. The lowest BCUT2D eigenvalue weighted by Crippen LogP contribution is -2.63. The van der Waals surface area contributed by atoms with Crippen LogP contribution in [0, 0.1) is 0 Å². The summed E-state index contributed by atoms with van der Waals surface area (Å²) in [7, 11) is 0. The molecule has 1 saturated carbocycles. The summed E-state index contributed by atoms with van der Waals surface area (Å²) < 4.78 is 38.4. The van der Waals surface area contributed by atoms with Gasteiger partial charge in [0.05, 0.1) is 18.2 Å². The summed E-state index contributed by atoms with van der Waals surface area (Å²) in [6, 6.07) is 14.7. The van der Waals surface area contributed by atoms with Crippen LogP contribution in [-0.4, -0.2) is 48.4 Å². The Kier molecular flexibility index (Phi) is 6.95. The second-order valence-corrected chi connectivity index (χ2v) is 9.23. The SMILES string of the molecule is N[C@]1(c2ccccc2)CC[C@@H](N2CC(NC(=O)CNC(=O)c3cccc(C(F)(F)F)c3)C2)CC1. The summed E-state index contributed by atoms with van der Waals surface area (Å²) in [5, 5.41) is 5.25. The van der Waals surface area contributed by atoms with E-state index in [1.807, 2.05) is 18.2 Å². The molecule has 0 unspecified atom stereocenters. The number of benzene rings is 2. The van der Waals surface area contributed by atoms with Crippen molar-refractivity contribution in [1.29, 1.82) is 0 Å². The number of carbonyl (C=O) groups excluding carboxylic acids is 2. The number of amides is 2. The Morgan fingerprint density at radius 3 is 2.35 bits per heavy atom. The first-order valence-corrected chi connectivity index (χ1v) is 11.5. The van der Waals surface area contributed by atoms with E-state index < -0.39 is 17.6 Å². The van der Waals surface area contributed by atoms with Crippen molar-refractivity contribution in [2.75, 3.05) is 19.6 Å². The molecule has 1 saturated heterocycles. The zero-order chi connectivity index (χ0) is 24.3. The van der Waals surface area contributed by atoms with Crippen LogP contribution in [0.3, 0.4) is 0 Å². The van der Waals surface area contributed by atoms with Gasteiger partial charge in [-0.2, -0.15) is 13.2 Å². The summed E-state index contributed by atoms with van der Waals surface area (Å²) in [6.07, 6.45) is -0.707. The Morgan fingerprint density at radius 2 is 1.71 bits per heavy atom. The second kappa shape index (κ2) is 9.76.